The lowest BCUT2D eigenvalue weighted by Crippen LogP contribution is -2.51. The van der Waals surface area contributed by atoms with E-state index in [0.29, 0.717) is 42.7 Å². The van der Waals surface area contributed by atoms with Gasteiger partial charge in [-0.15, -0.1) is 0 Å². The lowest BCUT2D eigenvalue weighted by molar-refractivity contribution is 0.0650. The molecular formula is C32H46N4O5. The number of amides is 3. The predicted molar refractivity (Wildman–Crippen MR) is 161 cm³/mol. The zero-order valence-electron chi connectivity index (χ0n) is 25.1. The van der Waals surface area contributed by atoms with E-state index < -0.39 is 0 Å². The number of nitrogens with zero attached hydrogens (tertiary/aromatic N) is 2. The molecule has 2 N–H and O–H groups in total. The van der Waals surface area contributed by atoms with Gasteiger partial charge in [0.25, 0.3) is 5.91 Å². The van der Waals surface area contributed by atoms with Gasteiger partial charge in [-0.2, -0.15) is 0 Å². The Labute approximate surface area is 244 Å². The second-order valence-electron chi connectivity index (χ2n) is 11.4. The standard InChI is InChI=1S/C32H46N4O5/c1-22(2)36(31(37)24-14-15-28(40-5)29(18-24)41-17-9-16-39-4)21-25-19-33-20-27(25)30(23-12-13-23)34-32(38)35(3)26-10-7-6-8-11-26/h6-8,10-11,14-15,18,22-23,25,27,30,33H,9,12-13,16-17,19-21H2,1-5H3,(H,34,38)/t25-,27+,30?/m0/s1. The first-order valence-corrected chi connectivity index (χ1v) is 14.7. The van der Waals surface area contributed by atoms with E-state index in [-0.39, 0.29) is 35.9 Å². The molecule has 41 heavy (non-hydrogen) atoms. The average Bonchev–Trinajstić information content (AvgIpc) is 3.73. The van der Waals surface area contributed by atoms with Gasteiger partial charge < -0.3 is 29.7 Å². The largest absolute Gasteiger partial charge is 0.493 e. The van der Waals surface area contributed by atoms with Crippen LogP contribution in [0.4, 0.5) is 10.5 Å². The average molecular weight is 567 g/mol. The molecule has 2 aliphatic rings. The summed E-state index contributed by atoms with van der Waals surface area (Å²) in [6.07, 6.45) is 2.98. The van der Waals surface area contributed by atoms with Crippen molar-refractivity contribution in [1.29, 1.82) is 0 Å². The molecule has 1 aliphatic carbocycles. The van der Waals surface area contributed by atoms with E-state index in [2.05, 4.69) is 24.5 Å². The van der Waals surface area contributed by atoms with E-state index in [1.54, 1.807) is 37.3 Å². The highest BCUT2D eigenvalue weighted by Crippen LogP contribution is 2.39. The summed E-state index contributed by atoms with van der Waals surface area (Å²) in [4.78, 5) is 30.8. The van der Waals surface area contributed by atoms with Gasteiger partial charge in [-0.25, -0.2) is 4.79 Å². The summed E-state index contributed by atoms with van der Waals surface area (Å²) >= 11 is 0. The van der Waals surface area contributed by atoms with E-state index in [0.717, 1.165) is 38.0 Å². The van der Waals surface area contributed by atoms with Gasteiger partial charge in [0.2, 0.25) is 0 Å². The third kappa shape index (κ3) is 7.92. The summed E-state index contributed by atoms with van der Waals surface area (Å²) in [5.41, 5.74) is 1.43. The monoisotopic (exact) mass is 566 g/mol. The molecule has 224 valence electrons. The fraction of sp³-hybridized carbons (Fsp3) is 0.562. The molecule has 1 heterocycles. The summed E-state index contributed by atoms with van der Waals surface area (Å²) in [5, 5.41) is 6.92. The third-order valence-electron chi connectivity index (χ3n) is 8.20. The minimum absolute atomic E-state index is 0.00935. The van der Waals surface area contributed by atoms with Crippen molar-refractivity contribution in [2.75, 3.05) is 59.0 Å². The molecule has 2 aromatic carbocycles. The van der Waals surface area contributed by atoms with Crippen LogP contribution in [0.3, 0.4) is 0 Å². The van der Waals surface area contributed by atoms with Crippen LogP contribution in [0.2, 0.25) is 0 Å². The topological polar surface area (TPSA) is 92.4 Å². The van der Waals surface area contributed by atoms with E-state index in [1.807, 2.05) is 42.3 Å². The summed E-state index contributed by atoms with van der Waals surface area (Å²) in [5.74, 6) is 2.04. The third-order valence-corrected chi connectivity index (χ3v) is 8.20. The first-order valence-electron chi connectivity index (χ1n) is 14.7. The maximum atomic E-state index is 13.9. The van der Waals surface area contributed by atoms with Crippen LogP contribution in [0.25, 0.3) is 0 Å². The van der Waals surface area contributed by atoms with Crippen molar-refractivity contribution in [1.82, 2.24) is 15.5 Å². The molecule has 0 spiro atoms. The Bertz CT molecular complexity index is 1140. The Kier molecular flexibility index (Phi) is 10.9. The molecule has 9 heteroatoms. The second-order valence-corrected chi connectivity index (χ2v) is 11.4. The Morgan fingerprint density at radius 2 is 1.78 bits per heavy atom. The van der Waals surface area contributed by atoms with E-state index in [4.69, 9.17) is 14.2 Å². The van der Waals surface area contributed by atoms with Crippen LogP contribution >= 0.6 is 0 Å². The SMILES string of the molecule is COCCCOc1cc(C(=O)N(C[C@@H]2CNC[C@H]2C(NC(=O)N(C)c2ccccc2)C2CC2)C(C)C)ccc1OC. The molecule has 0 aromatic heterocycles. The second kappa shape index (κ2) is 14.5. The number of rotatable bonds is 14. The smallest absolute Gasteiger partial charge is 0.321 e. The molecule has 1 saturated heterocycles. The molecule has 0 bridgehead atoms. The number of carbonyl (C=O) groups is 2. The van der Waals surface area contributed by atoms with Gasteiger partial charge in [0.05, 0.1) is 13.7 Å². The molecule has 3 amide bonds. The summed E-state index contributed by atoms with van der Waals surface area (Å²) in [6.45, 7) is 7.42. The summed E-state index contributed by atoms with van der Waals surface area (Å²) < 4.78 is 16.5. The van der Waals surface area contributed by atoms with Gasteiger partial charge >= 0.3 is 6.03 Å². The lowest BCUT2D eigenvalue weighted by atomic mass is 9.85. The minimum atomic E-state index is -0.0909. The molecule has 2 fully saturated rings. The number of methoxy groups -OCH3 is 2. The lowest BCUT2D eigenvalue weighted by Gasteiger charge is -2.35. The molecule has 9 nitrogen and oxygen atoms in total. The quantitative estimate of drug-likeness (QED) is 0.329. The zero-order chi connectivity index (χ0) is 29.4. The highest BCUT2D eigenvalue weighted by molar-refractivity contribution is 5.95. The summed E-state index contributed by atoms with van der Waals surface area (Å²) in [6, 6.07) is 15.0. The molecule has 2 aromatic rings. The number of hydrogen-bond donors (Lipinski definition) is 2. The molecule has 0 radical (unpaired) electrons. The van der Waals surface area contributed by atoms with Crippen LogP contribution in [0.15, 0.2) is 48.5 Å². The Balaban J connectivity index is 1.46. The van der Waals surface area contributed by atoms with Crippen LogP contribution < -0.4 is 25.0 Å². The van der Waals surface area contributed by atoms with Crippen LogP contribution in [-0.4, -0.2) is 83.0 Å². The van der Waals surface area contributed by atoms with Gasteiger partial charge in [-0.3, -0.25) is 9.69 Å². The zero-order valence-corrected chi connectivity index (χ0v) is 25.1. The Hall–Kier alpha value is -3.30. The molecule has 4 rings (SSSR count). The number of hydrogen-bond acceptors (Lipinski definition) is 6. The molecule has 3 atom stereocenters. The van der Waals surface area contributed by atoms with E-state index in [9.17, 15) is 9.59 Å². The van der Waals surface area contributed by atoms with E-state index in [1.165, 1.54) is 0 Å². The van der Waals surface area contributed by atoms with Crippen molar-refractivity contribution >= 4 is 17.6 Å². The highest BCUT2D eigenvalue weighted by atomic mass is 16.5. The predicted octanol–water partition coefficient (Wildman–Crippen LogP) is 4.42. The number of carbonyl (C=O) groups excluding carboxylic acids is 2. The number of urea groups is 1. The fourth-order valence-corrected chi connectivity index (χ4v) is 5.67. The fourth-order valence-electron chi connectivity index (χ4n) is 5.67. The van der Waals surface area contributed by atoms with Crippen molar-refractivity contribution in [2.24, 2.45) is 17.8 Å². The Morgan fingerprint density at radius 1 is 1.02 bits per heavy atom. The molecular weight excluding hydrogens is 520 g/mol. The number of ether oxygens (including phenoxy) is 3. The molecule has 1 saturated carbocycles. The van der Waals surface area contributed by atoms with Gasteiger partial charge in [0.15, 0.2) is 11.5 Å². The van der Waals surface area contributed by atoms with Gasteiger partial charge in [0.1, 0.15) is 0 Å². The highest BCUT2D eigenvalue weighted by Gasteiger charge is 2.44. The first kappa shape index (κ1) is 30.7. The maximum absolute atomic E-state index is 13.9. The van der Waals surface area contributed by atoms with Crippen LogP contribution in [0.1, 0.15) is 43.5 Å². The maximum Gasteiger partial charge on any atom is 0.321 e. The van der Waals surface area contributed by atoms with Crippen molar-refractivity contribution in [3.63, 3.8) is 0 Å². The van der Waals surface area contributed by atoms with Crippen molar-refractivity contribution in [3.8, 4) is 11.5 Å². The normalized spacial score (nSPS) is 19.1. The van der Waals surface area contributed by atoms with Gasteiger partial charge in [-0.05, 0) is 74.8 Å². The van der Waals surface area contributed by atoms with Crippen molar-refractivity contribution < 1.29 is 23.8 Å². The van der Waals surface area contributed by atoms with Crippen LogP contribution in [0.5, 0.6) is 11.5 Å². The molecule has 1 aliphatic heterocycles. The van der Waals surface area contributed by atoms with Crippen molar-refractivity contribution in [3.05, 3.63) is 54.1 Å². The van der Waals surface area contributed by atoms with Gasteiger partial charge in [-0.1, -0.05) is 18.2 Å². The number of anilines is 1. The van der Waals surface area contributed by atoms with Crippen LogP contribution in [-0.2, 0) is 4.74 Å². The number of para-hydroxylation sites is 1. The van der Waals surface area contributed by atoms with Crippen molar-refractivity contribution in [2.45, 2.75) is 45.2 Å². The number of nitrogens with one attached hydrogen (secondary N) is 2. The summed E-state index contributed by atoms with van der Waals surface area (Å²) in [7, 11) is 5.07. The van der Waals surface area contributed by atoms with Gasteiger partial charge in [0, 0.05) is 70.2 Å². The first-order chi connectivity index (χ1) is 19.8. The van der Waals surface area contributed by atoms with E-state index >= 15 is 0 Å². The number of benzene rings is 2. The molecule has 1 unspecified atom stereocenters. The minimum Gasteiger partial charge on any atom is -0.493 e. The van der Waals surface area contributed by atoms with Crippen LogP contribution in [0, 0.1) is 17.8 Å². The Morgan fingerprint density at radius 3 is 2.44 bits per heavy atom.